The van der Waals surface area contributed by atoms with Gasteiger partial charge in [0, 0.05) is 25.7 Å². The Morgan fingerprint density at radius 2 is 1.75 bits per heavy atom. The molecule has 1 aliphatic heterocycles. The van der Waals surface area contributed by atoms with E-state index in [4.69, 9.17) is 16.3 Å². The Balaban J connectivity index is 1.35. The van der Waals surface area contributed by atoms with E-state index >= 15 is 0 Å². The summed E-state index contributed by atoms with van der Waals surface area (Å²) in [5.74, 6) is 0.636. The Hall–Kier alpha value is -2.06. The van der Waals surface area contributed by atoms with Gasteiger partial charge in [-0.2, -0.15) is 0 Å². The molecule has 32 heavy (non-hydrogen) atoms. The van der Waals surface area contributed by atoms with E-state index in [2.05, 4.69) is 34.5 Å². The van der Waals surface area contributed by atoms with E-state index in [0.29, 0.717) is 20.0 Å². The molecule has 0 amide bonds. The predicted octanol–water partition coefficient (Wildman–Crippen LogP) is 5.46. The molecule has 0 aliphatic carbocycles. The van der Waals surface area contributed by atoms with Crippen LogP contribution in [0.1, 0.15) is 24.0 Å². The Labute approximate surface area is 198 Å². The summed E-state index contributed by atoms with van der Waals surface area (Å²) in [5, 5.41) is 3.48. The van der Waals surface area contributed by atoms with Crippen LogP contribution in [0, 0.1) is 0 Å². The van der Waals surface area contributed by atoms with Crippen LogP contribution in [0.4, 0.5) is 5.69 Å². The molecule has 2 heterocycles. The van der Waals surface area contributed by atoms with Crippen molar-refractivity contribution < 1.29 is 13.2 Å². The molecule has 3 aromatic rings. The zero-order valence-electron chi connectivity index (χ0n) is 18.0. The number of benzene rings is 2. The molecule has 5 nitrogen and oxygen atoms in total. The number of rotatable bonds is 8. The minimum Gasteiger partial charge on any atom is -0.497 e. The van der Waals surface area contributed by atoms with E-state index in [1.807, 2.05) is 6.07 Å². The van der Waals surface area contributed by atoms with Crippen molar-refractivity contribution in [2.24, 2.45) is 0 Å². The lowest BCUT2D eigenvalue weighted by atomic mass is 10.0. The van der Waals surface area contributed by atoms with Gasteiger partial charge in [-0.25, -0.2) is 8.42 Å². The highest BCUT2D eigenvalue weighted by molar-refractivity contribution is 7.92. The van der Waals surface area contributed by atoms with Crippen molar-refractivity contribution in [1.29, 1.82) is 0 Å². The van der Waals surface area contributed by atoms with Gasteiger partial charge in [-0.3, -0.25) is 4.90 Å². The van der Waals surface area contributed by atoms with Crippen LogP contribution in [-0.4, -0.2) is 39.6 Å². The summed E-state index contributed by atoms with van der Waals surface area (Å²) in [7, 11) is -1.89. The van der Waals surface area contributed by atoms with Crippen LogP contribution < -0.4 is 10.1 Å². The summed E-state index contributed by atoms with van der Waals surface area (Å²) in [6, 6.07) is 19.5. The molecule has 1 fully saturated rings. The molecule has 1 aliphatic rings. The van der Waals surface area contributed by atoms with Crippen LogP contribution in [0.15, 0.2) is 64.9 Å². The number of nitrogens with zero attached hydrogens (tertiary/aromatic N) is 1. The molecule has 0 atom stereocenters. The van der Waals surface area contributed by atoms with Gasteiger partial charge in [0.05, 0.1) is 18.6 Å². The number of halogens is 1. The predicted molar refractivity (Wildman–Crippen MR) is 132 cm³/mol. The van der Waals surface area contributed by atoms with Gasteiger partial charge in [0.15, 0.2) is 9.84 Å². The van der Waals surface area contributed by atoms with Gasteiger partial charge in [-0.05, 0) is 42.2 Å². The maximum Gasteiger partial charge on any atom is 0.191 e. The molecule has 8 heteroatoms. The minimum absolute atomic E-state index is 0.0643. The van der Waals surface area contributed by atoms with Gasteiger partial charge in [-0.15, -0.1) is 11.3 Å². The van der Waals surface area contributed by atoms with Crippen molar-refractivity contribution in [3.63, 3.8) is 0 Å². The van der Waals surface area contributed by atoms with Gasteiger partial charge in [0.2, 0.25) is 0 Å². The lowest BCUT2D eigenvalue weighted by Crippen LogP contribution is -2.38. The first-order valence-corrected chi connectivity index (χ1v) is 13.5. The second-order valence-electron chi connectivity index (χ2n) is 8.04. The molecule has 4 rings (SSSR count). The van der Waals surface area contributed by atoms with Crippen LogP contribution in [-0.2, 0) is 22.1 Å². The number of hydrogen-bond donors (Lipinski definition) is 1. The molecule has 0 radical (unpaired) electrons. The summed E-state index contributed by atoms with van der Waals surface area (Å²) >= 11 is 7.53. The van der Waals surface area contributed by atoms with E-state index < -0.39 is 9.84 Å². The van der Waals surface area contributed by atoms with Crippen LogP contribution in [0.25, 0.3) is 0 Å². The van der Waals surface area contributed by atoms with E-state index in [-0.39, 0.29) is 11.8 Å². The monoisotopic (exact) mass is 490 g/mol. The Morgan fingerprint density at radius 3 is 2.41 bits per heavy atom. The van der Waals surface area contributed by atoms with Crippen molar-refractivity contribution in [1.82, 2.24) is 4.90 Å². The van der Waals surface area contributed by atoms with Gasteiger partial charge >= 0.3 is 0 Å². The van der Waals surface area contributed by atoms with E-state index in [0.717, 1.165) is 49.4 Å². The number of thiophene rings is 1. The fourth-order valence-corrected chi connectivity index (χ4v) is 6.99. The number of sulfone groups is 1. The first kappa shape index (κ1) is 23.1. The number of hydrogen-bond acceptors (Lipinski definition) is 6. The molecule has 1 saturated heterocycles. The number of ether oxygens (including phenoxy) is 1. The molecular weight excluding hydrogens is 464 g/mol. The summed E-state index contributed by atoms with van der Waals surface area (Å²) in [5.41, 5.74) is 2.76. The molecule has 2 aromatic carbocycles. The van der Waals surface area contributed by atoms with E-state index in [9.17, 15) is 8.42 Å². The second-order valence-corrected chi connectivity index (χ2v) is 11.9. The summed E-state index contributed by atoms with van der Waals surface area (Å²) < 4.78 is 31.8. The normalized spacial score (nSPS) is 15.6. The first-order valence-electron chi connectivity index (χ1n) is 10.6. The third-order valence-electron chi connectivity index (χ3n) is 5.68. The summed E-state index contributed by atoms with van der Waals surface area (Å²) in [6.45, 7) is 2.95. The minimum atomic E-state index is -3.47. The fraction of sp³-hybridized carbons (Fsp3) is 0.333. The number of methoxy groups -OCH3 is 1. The molecule has 0 saturated carbocycles. The maximum atomic E-state index is 12.9. The first-order chi connectivity index (χ1) is 15.4. The highest BCUT2D eigenvalue weighted by atomic mass is 35.5. The van der Waals surface area contributed by atoms with Crippen molar-refractivity contribution in [3.8, 4) is 5.75 Å². The molecule has 0 spiro atoms. The average molecular weight is 491 g/mol. The third-order valence-corrected chi connectivity index (χ3v) is 9.29. The van der Waals surface area contributed by atoms with Crippen molar-refractivity contribution >= 4 is 38.5 Å². The van der Waals surface area contributed by atoms with Crippen LogP contribution in [0.2, 0.25) is 4.34 Å². The van der Waals surface area contributed by atoms with Crippen LogP contribution >= 0.6 is 22.9 Å². The van der Waals surface area contributed by atoms with Crippen molar-refractivity contribution in [2.75, 3.05) is 25.5 Å². The lowest BCUT2D eigenvalue weighted by Gasteiger charge is -2.32. The SMILES string of the molecule is COc1ccc(CS(=O)(=O)c2cc(NC3CCN(Cc4ccccc4)CC3)c(Cl)s2)cc1. The Morgan fingerprint density at radius 1 is 1.06 bits per heavy atom. The lowest BCUT2D eigenvalue weighted by molar-refractivity contribution is 0.211. The Kier molecular flexibility index (Phi) is 7.40. The highest BCUT2D eigenvalue weighted by Crippen LogP contribution is 2.37. The van der Waals surface area contributed by atoms with Gasteiger partial charge in [0.1, 0.15) is 14.3 Å². The van der Waals surface area contributed by atoms with Crippen molar-refractivity contribution in [2.45, 2.75) is 35.4 Å². The molecule has 0 unspecified atom stereocenters. The number of anilines is 1. The highest BCUT2D eigenvalue weighted by Gasteiger charge is 2.24. The Bertz CT molecular complexity index is 1120. The quantitative estimate of drug-likeness (QED) is 0.454. The third kappa shape index (κ3) is 5.84. The second kappa shape index (κ2) is 10.3. The number of piperidine rings is 1. The molecule has 170 valence electrons. The average Bonchev–Trinajstić information content (AvgIpc) is 3.17. The standard InChI is InChI=1S/C24H27ClN2O3S2/c1-30-21-9-7-19(8-10-21)17-32(28,29)23-15-22(24(25)31-23)26-20-11-13-27(14-12-20)16-18-5-3-2-4-6-18/h2-10,15,20,26H,11-14,16-17H2,1H3. The molecular formula is C24H27ClN2O3S2. The molecule has 1 N–H and O–H groups in total. The molecule has 1 aromatic heterocycles. The zero-order valence-corrected chi connectivity index (χ0v) is 20.3. The fourth-order valence-electron chi connectivity index (χ4n) is 3.91. The summed E-state index contributed by atoms with van der Waals surface area (Å²) in [6.07, 6.45) is 1.99. The zero-order chi connectivity index (χ0) is 22.6. The smallest absolute Gasteiger partial charge is 0.191 e. The van der Waals surface area contributed by atoms with Crippen LogP contribution in [0.5, 0.6) is 5.75 Å². The maximum absolute atomic E-state index is 12.9. The topological polar surface area (TPSA) is 58.6 Å². The van der Waals surface area contributed by atoms with Crippen molar-refractivity contribution in [3.05, 3.63) is 76.1 Å². The number of likely N-dealkylation sites (tertiary alicyclic amines) is 1. The summed E-state index contributed by atoms with van der Waals surface area (Å²) in [4.78, 5) is 2.45. The van der Waals surface area contributed by atoms with Crippen LogP contribution in [0.3, 0.4) is 0 Å². The van der Waals surface area contributed by atoms with E-state index in [1.54, 1.807) is 37.4 Å². The van der Waals surface area contributed by atoms with Gasteiger partial charge in [-0.1, -0.05) is 54.1 Å². The van der Waals surface area contributed by atoms with Gasteiger partial charge in [0.25, 0.3) is 0 Å². The van der Waals surface area contributed by atoms with Gasteiger partial charge < -0.3 is 10.1 Å². The largest absolute Gasteiger partial charge is 0.497 e. The number of nitrogens with one attached hydrogen (secondary N) is 1. The van der Waals surface area contributed by atoms with E-state index in [1.165, 1.54) is 5.56 Å². The molecule has 0 bridgehead atoms.